The van der Waals surface area contributed by atoms with E-state index in [-0.39, 0.29) is 18.1 Å². The zero-order valence-electron chi connectivity index (χ0n) is 11.7. The molecule has 20 heavy (non-hydrogen) atoms. The van der Waals surface area contributed by atoms with Crippen LogP contribution < -0.4 is 5.32 Å². The zero-order valence-corrected chi connectivity index (χ0v) is 12.5. The first kappa shape index (κ1) is 15.3. The van der Waals surface area contributed by atoms with E-state index >= 15 is 0 Å². The Bertz CT molecular complexity index is 471. The van der Waals surface area contributed by atoms with E-state index in [1.165, 1.54) is 0 Å². The van der Waals surface area contributed by atoms with Crippen LogP contribution in [0.4, 0.5) is 0 Å². The summed E-state index contributed by atoms with van der Waals surface area (Å²) in [4.78, 5) is 16.5. The lowest BCUT2D eigenvalue weighted by atomic mass is 9.93. The summed E-state index contributed by atoms with van der Waals surface area (Å²) < 4.78 is 0. The van der Waals surface area contributed by atoms with E-state index < -0.39 is 0 Å². The van der Waals surface area contributed by atoms with Gasteiger partial charge in [-0.2, -0.15) is 0 Å². The van der Waals surface area contributed by atoms with Gasteiger partial charge in [0.05, 0.1) is 6.10 Å². The topological polar surface area (TPSA) is 62.2 Å². The second-order valence-corrected chi connectivity index (χ2v) is 5.79. The van der Waals surface area contributed by atoms with Gasteiger partial charge in [-0.3, -0.25) is 4.79 Å². The van der Waals surface area contributed by atoms with Gasteiger partial charge < -0.3 is 10.4 Å². The number of aliphatic hydroxyl groups excluding tert-OH is 1. The lowest BCUT2D eigenvalue weighted by Gasteiger charge is -2.26. The second-order valence-electron chi connectivity index (χ2n) is 5.40. The number of aliphatic hydroxyl groups is 1. The van der Waals surface area contributed by atoms with Crippen LogP contribution in [0, 0.1) is 0 Å². The molecule has 1 amide bonds. The molecule has 5 heteroatoms. The van der Waals surface area contributed by atoms with Gasteiger partial charge in [0.2, 0.25) is 0 Å². The zero-order chi connectivity index (χ0) is 14.5. The van der Waals surface area contributed by atoms with Gasteiger partial charge in [-0.1, -0.05) is 24.9 Å². The van der Waals surface area contributed by atoms with E-state index in [9.17, 15) is 9.90 Å². The number of carbonyl (C=O) groups is 1. The van der Waals surface area contributed by atoms with Crippen LogP contribution >= 0.6 is 11.6 Å². The molecule has 4 nitrogen and oxygen atoms in total. The summed E-state index contributed by atoms with van der Waals surface area (Å²) in [6.45, 7) is 2.07. The third kappa shape index (κ3) is 4.18. The minimum absolute atomic E-state index is 0.104. The Morgan fingerprint density at radius 3 is 2.75 bits per heavy atom. The van der Waals surface area contributed by atoms with Crippen LogP contribution in [0.5, 0.6) is 0 Å². The molecule has 1 aromatic rings. The van der Waals surface area contributed by atoms with Gasteiger partial charge in [-0.05, 0) is 44.2 Å². The standard InChI is InChI=1S/C15H21ClN2O2/c1-2-3-12-8-10(9-14(16)17-12)15(20)18-11-4-6-13(19)7-5-11/h8-9,11,13,19H,2-7H2,1H3,(H,18,20). The number of nitrogens with zero attached hydrogens (tertiary/aromatic N) is 1. The second kappa shape index (κ2) is 7.04. The van der Waals surface area contributed by atoms with E-state index in [4.69, 9.17) is 11.6 Å². The van der Waals surface area contributed by atoms with Gasteiger partial charge in [0, 0.05) is 17.3 Å². The Morgan fingerprint density at radius 2 is 2.10 bits per heavy atom. The number of aromatic nitrogens is 1. The van der Waals surface area contributed by atoms with Crippen molar-refractivity contribution in [2.75, 3.05) is 0 Å². The smallest absolute Gasteiger partial charge is 0.251 e. The summed E-state index contributed by atoms with van der Waals surface area (Å²) in [5, 5.41) is 12.8. The molecule has 0 spiro atoms. The summed E-state index contributed by atoms with van der Waals surface area (Å²) in [5.41, 5.74) is 1.42. The Kier molecular flexibility index (Phi) is 5.38. The average molecular weight is 297 g/mol. The molecular weight excluding hydrogens is 276 g/mol. The van der Waals surface area contributed by atoms with Gasteiger partial charge in [0.15, 0.2) is 0 Å². The molecular formula is C15H21ClN2O2. The number of rotatable bonds is 4. The summed E-state index contributed by atoms with van der Waals surface area (Å²) in [6.07, 6.45) is 4.73. The number of halogens is 1. The average Bonchev–Trinajstić information content (AvgIpc) is 2.41. The minimum Gasteiger partial charge on any atom is -0.393 e. The lowest BCUT2D eigenvalue weighted by Crippen LogP contribution is -2.38. The van der Waals surface area contributed by atoms with Gasteiger partial charge in [-0.15, -0.1) is 0 Å². The first-order chi connectivity index (χ1) is 9.58. The van der Waals surface area contributed by atoms with Crippen molar-refractivity contribution in [3.8, 4) is 0 Å². The molecule has 1 aliphatic rings. The normalized spacial score (nSPS) is 22.6. The number of aryl methyl sites for hydroxylation is 1. The first-order valence-corrected chi connectivity index (χ1v) is 7.61. The van der Waals surface area contributed by atoms with Crippen LogP contribution in [-0.2, 0) is 6.42 Å². The highest BCUT2D eigenvalue weighted by molar-refractivity contribution is 6.29. The lowest BCUT2D eigenvalue weighted by molar-refractivity contribution is 0.0867. The third-order valence-electron chi connectivity index (χ3n) is 3.65. The summed E-state index contributed by atoms with van der Waals surface area (Å²) in [5.74, 6) is -0.104. The molecule has 1 fully saturated rings. The quantitative estimate of drug-likeness (QED) is 0.840. The number of amides is 1. The highest BCUT2D eigenvalue weighted by Gasteiger charge is 2.21. The highest BCUT2D eigenvalue weighted by Crippen LogP contribution is 2.19. The number of nitrogens with one attached hydrogen (secondary N) is 1. The van der Waals surface area contributed by atoms with Gasteiger partial charge in [0.1, 0.15) is 5.15 Å². The molecule has 0 unspecified atom stereocenters. The number of pyridine rings is 1. The van der Waals surface area contributed by atoms with Crippen LogP contribution in [0.1, 0.15) is 55.1 Å². The number of hydrogen-bond donors (Lipinski definition) is 2. The van der Waals surface area contributed by atoms with E-state index in [1.54, 1.807) is 6.07 Å². The molecule has 0 saturated heterocycles. The Balaban J connectivity index is 2.01. The van der Waals surface area contributed by atoms with Crippen molar-refractivity contribution in [1.29, 1.82) is 0 Å². The molecule has 0 radical (unpaired) electrons. The van der Waals surface area contributed by atoms with Crippen LogP contribution in [0.25, 0.3) is 0 Å². The van der Waals surface area contributed by atoms with Gasteiger partial charge >= 0.3 is 0 Å². The van der Waals surface area contributed by atoms with Crippen molar-refractivity contribution in [3.63, 3.8) is 0 Å². The summed E-state index contributed by atoms with van der Waals surface area (Å²) in [7, 11) is 0. The fraction of sp³-hybridized carbons (Fsp3) is 0.600. The van der Waals surface area contributed by atoms with Crippen molar-refractivity contribution < 1.29 is 9.90 Å². The van der Waals surface area contributed by atoms with Crippen LogP contribution in [0.15, 0.2) is 12.1 Å². The maximum absolute atomic E-state index is 12.2. The maximum Gasteiger partial charge on any atom is 0.251 e. The number of hydrogen-bond acceptors (Lipinski definition) is 3. The Labute approximate surface area is 124 Å². The van der Waals surface area contributed by atoms with Crippen molar-refractivity contribution in [1.82, 2.24) is 10.3 Å². The molecule has 1 saturated carbocycles. The molecule has 1 heterocycles. The van der Waals surface area contributed by atoms with E-state index in [2.05, 4.69) is 17.2 Å². The van der Waals surface area contributed by atoms with Crippen LogP contribution in [-0.4, -0.2) is 28.1 Å². The molecule has 110 valence electrons. The summed E-state index contributed by atoms with van der Waals surface area (Å²) >= 11 is 5.97. The fourth-order valence-corrected chi connectivity index (χ4v) is 2.78. The van der Waals surface area contributed by atoms with Crippen molar-refractivity contribution in [2.45, 2.75) is 57.6 Å². The maximum atomic E-state index is 12.2. The predicted molar refractivity (Wildman–Crippen MR) is 79.0 cm³/mol. The van der Waals surface area contributed by atoms with E-state index in [1.807, 2.05) is 6.07 Å². The van der Waals surface area contributed by atoms with Gasteiger partial charge in [0.25, 0.3) is 5.91 Å². The highest BCUT2D eigenvalue weighted by atomic mass is 35.5. The molecule has 1 aromatic heterocycles. The SMILES string of the molecule is CCCc1cc(C(=O)NC2CCC(O)CC2)cc(Cl)n1. The first-order valence-electron chi connectivity index (χ1n) is 7.24. The monoisotopic (exact) mass is 296 g/mol. The van der Waals surface area contributed by atoms with Gasteiger partial charge in [-0.25, -0.2) is 4.98 Å². The van der Waals surface area contributed by atoms with Crippen molar-refractivity contribution in [3.05, 3.63) is 28.5 Å². The Morgan fingerprint density at radius 1 is 1.40 bits per heavy atom. The molecule has 0 aromatic carbocycles. The molecule has 0 aliphatic heterocycles. The minimum atomic E-state index is -0.213. The predicted octanol–water partition coefficient (Wildman–Crippen LogP) is 2.72. The van der Waals surface area contributed by atoms with Crippen LogP contribution in [0.2, 0.25) is 5.15 Å². The largest absolute Gasteiger partial charge is 0.393 e. The molecule has 1 aliphatic carbocycles. The molecule has 2 rings (SSSR count). The van der Waals surface area contributed by atoms with E-state index in [0.717, 1.165) is 44.2 Å². The molecule has 0 bridgehead atoms. The van der Waals surface area contributed by atoms with Crippen molar-refractivity contribution in [2.24, 2.45) is 0 Å². The fourth-order valence-electron chi connectivity index (χ4n) is 2.56. The van der Waals surface area contributed by atoms with E-state index in [0.29, 0.717) is 10.7 Å². The Hall–Kier alpha value is -1.13. The van der Waals surface area contributed by atoms with Crippen LogP contribution in [0.3, 0.4) is 0 Å². The third-order valence-corrected chi connectivity index (χ3v) is 3.84. The number of carbonyl (C=O) groups excluding carboxylic acids is 1. The summed E-state index contributed by atoms with van der Waals surface area (Å²) in [6, 6.07) is 3.56. The molecule has 2 N–H and O–H groups in total. The van der Waals surface area contributed by atoms with Crippen molar-refractivity contribution >= 4 is 17.5 Å². The molecule has 0 atom stereocenters.